The average molecular weight is 470 g/mol. The molecule has 0 saturated carbocycles. The van der Waals surface area contributed by atoms with Gasteiger partial charge in [-0.25, -0.2) is 0 Å². The molecule has 0 atom stereocenters. The molecular formula is C33H59N. The van der Waals surface area contributed by atoms with E-state index in [-0.39, 0.29) is 0 Å². The molecule has 0 saturated heterocycles. The molecule has 0 radical (unpaired) electrons. The molecule has 0 aliphatic carbocycles. The smallest absolute Gasteiger partial charge is 0.0233 e. The largest absolute Gasteiger partial charge is 0.299 e. The van der Waals surface area contributed by atoms with E-state index in [1.807, 2.05) is 0 Å². The van der Waals surface area contributed by atoms with Crippen molar-refractivity contribution in [3.8, 4) is 0 Å². The molecule has 0 unspecified atom stereocenters. The van der Waals surface area contributed by atoms with Gasteiger partial charge >= 0.3 is 0 Å². The van der Waals surface area contributed by atoms with Crippen molar-refractivity contribution in [1.82, 2.24) is 4.90 Å². The molecule has 0 heterocycles. The zero-order chi connectivity index (χ0) is 24.4. The highest BCUT2D eigenvalue weighted by atomic mass is 15.1. The summed E-state index contributed by atoms with van der Waals surface area (Å²) in [5.74, 6) is 0. The van der Waals surface area contributed by atoms with Gasteiger partial charge in [-0.05, 0) is 44.3 Å². The van der Waals surface area contributed by atoms with Crippen molar-refractivity contribution in [3.63, 3.8) is 0 Å². The lowest BCUT2D eigenvalue weighted by Gasteiger charge is -2.22. The van der Waals surface area contributed by atoms with Crippen LogP contribution < -0.4 is 0 Å². The normalized spacial score (nSPS) is 11.4. The molecule has 0 aromatic heterocycles. The fourth-order valence-corrected chi connectivity index (χ4v) is 4.97. The molecule has 0 amide bonds. The van der Waals surface area contributed by atoms with Gasteiger partial charge in [-0.1, -0.05) is 152 Å². The first-order chi connectivity index (χ1) is 16.9. The fourth-order valence-electron chi connectivity index (χ4n) is 4.97. The number of hydrogen-bond acceptors (Lipinski definition) is 1. The maximum Gasteiger partial charge on any atom is 0.0233 e. The van der Waals surface area contributed by atoms with Gasteiger partial charge in [-0.15, -0.1) is 6.58 Å². The minimum atomic E-state index is 1.13. The van der Waals surface area contributed by atoms with E-state index in [2.05, 4.69) is 54.8 Å². The maximum atomic E-state index is 3.81. The van der Waals surface area contributed by atoms with Gasteiger partial charge in [-0.2, -0.15) is 0 Å². The highest BCUT2D eigenvalue weighted by Gasteiger charge is 2.06. The molecule has 196 valence electrons. The topological polar surface area (TPSA) is 3.24 Å². The van der Waals surface area contributed by atoms with Crippen LogP contribution in [0.5, 0.6) is 0 Å². The highest BCUT2D eigenvalue weighted by Crippen LogP contribution is 2.14. The van der Waals surface area contributed by atoms with Gasteiger partial charge in [0.1, 0.15) is 0 Å². The van der Waals surface area contributed by atoms with E-state index in [9.17, 15) is 0 Å². The third kappa shape index (κ3) is 20.3. The Kier molecular flexibility index (Phi) is 22.8. The van der Waals surface area contributed by atoms with Crippen molar-refractivity contribution in [2.24, 2.45) is 0 Å². The van der Waals surface area contributed by atoms with E-state index in [1.165, 1.54) is 153 Å². The molecule has 0 fully saturated rings. The van der Waals surface area contributed by atoms with E-state index < -0.39 is 0 Å². The Morgan fingerprint density at radius 3 is 1.41 bits per heavy atom. The van der Waals surface area contributed by atoms with Crippen molar-refractivity contribution in [2.45, 2.75) is 148 Å². The van der Waals surface area contributed by atoms with Gasteiger partial charge in [0, 0.05) is 6.54 Å². The van der Waals surface area contributed by atoms with Crippen LogP contribution >= 0.6 is 0 Å². The van der Waals surface area contributed by atoms with Crippen molar-refractivity contribution < 1.29 is 0 Å². The molecule has 0 aliphatic heterocycles. The minimum Gasteiger partial charge on any atom is -0.299 e. The molecule has 0 N–H and O–H groups in total. The number of hydrogen-bond donors (Lipinski definition) is 0. The summed E-state index contributed by atoms with van der Waals surface area (Å²) >= 11 is 0. The second-order valence-corrected chi connectivity index (χ2v) is 10.6. The molecule has 0 aliphatic rings. The Labute approximate surface area is 214 Å². The van der Waals surface area contributed by atoms with E-state index >= 15 is 0 Å². The molecule has 0 bridgehead atoms. The van der Waals surface area contributed by atoms with Crippen LogP contribution in [0.3, 0.4) is 0 Å². The van der Waals surface area contributed by atoms with Crippen LogP contribution in [0, 0.1) is 0 Å². The standard InChI is InChI=1S/C33H59N/c1-3-5-7-9-11-13-15-16-18-20-22-27-31-34(32-33-28-24-23-25-29-33)30-26-21-19-17-14-12-10-8-6-4-2/h3,23-25,28-29H,1,4-22,26-27,30-32H2,2H3. The first kappa shape index (κ1) is 31.0. The maximum absolute atomic E-state index is 3.81. The number of unbranched alkanes of at least 4 members (excludes halogenated alkanes) is 19. The van der Waals surface area contributed by atoms with Crippen molar-refractivity contribution in [2.75, 3.05) is 13.1 Å². The lowest BCUT2D eigenvalue weighted by molar-refractivity contribution is 0.252. The molecule has 1 aromatic carbocycles. The Morgan fingerprint density at radius 2 is 0.971 bits per heavy atom. The quantitative estimate of drug-likeness (QED) is 0.0962. The van der Waals surface area contributed by atoms with E-state index in [4.69, 9.17) is 0 Å². The number of nitrogens with zero attached hydrogens (tertiary/aromatic N) is 1. The van der Waals surface area contributed by atoms with E-state index in [0.29, 0.717) is 0 Å². The summed E-state index contributed by atoms with van der Waals surface area (Å²) in [6.45, 7) is 9.79. The van der Waals surface area contributed by atoms with Crippen LogP contribution in [-0.2, 0) is 6.54 Å². The predicted molar refractivity (Wildman–Crippen MR) is 155 cm³/mol. The first-order valence-corrected chi connectivity index (χ1v) is 15.2. The zero-order valence-electron chi connectivity index (χ0n) is 23.1. The second-order valence-electron chi connectivity index (χ2n) is 10.6. The third-order valence-corrected chi connectivity index (χ3v) is 7.21. The van der Waals surface area contributed by atoms with Crippen molar-refractivity contribution in [3.05, 3.63) is 48.6 Å². The van der Waals surface area contributed by atoms with Crippen molar-refractivity contribution >= 4 is 0 Å². The summed E-state index contributed by atoms with van der Waals surface area (Å²) in [7, 11) is 0. The van der Waals surface area contributed by atoms with Gasteiger partial charge in [0.05, 0.1) is 0 Å². The van der Waals surface area contributed by atoms with Crippen LogP contribution in [0.25, 0.3) is 0 Å². The zero-order valence-corrected chi connectivity index (χ0v) is 23.1. The molecule has 1 nitrogen and oxygen atoms in total. The molecule has 1 rings (SSSR count). The van der Waals surface area contributed by atoms with Gasteiger partial charge < -0.3 is 0 Å². The summed E-state index contributed by atoms with van der Waals surface area (Å²) in [6.07, 6.45) is 31.6. The fraction of sp³-hybridized carbons (Fsp3) is 0.758. The van der Waals surface area contributed by atoms with E-state index in [0.717, 1.165) is 6.54 Å². The summed E-state index contributed by atoms with van der Waals surface area (Å²) < 4.78 is 0. The summed E-state index contributed by atoms with van der Waals surface area (Å²) in [5, 5.41) is 0. The van der Waals surface area contributed by atoms with Crippen molar-refractivity contribution in [1.29, 1.82) is 0 Å². The number of benzene rings is 1. The second kappa shape index (κ2) is 25.0. The Bertz CT molecular complexity index is 523. The van der Waals surface area contributed by atoms with Gasteiger partial charge in [0.2, 0.25) is 0 Å². The average Bonchev–Trinajstić information content (AvgIpc) is 2.86. The monoisotopic (exact) mass is 469 g/mol. The third-order valence-electron chi connectivity index (χ3n) is 7.21. The Morgan fingerprint density at radius 1 is 0.559 bits per heavy atom. The van der Waals surface area contributed by atoms with Gasteiger partial charge in [-0.3, -0.25) is 4.90 Å². The van der Waals surface area contributed by atoms with Crippen LogP contribution in [0.1, 0.15) is 147 Å². The van der Waals surface area contributed by atoms with Gasteiger partial charge in [0.15, 0.2) is 0 Å². The van der Waals surface area contributed by atoms with E-state index in [1.54, 1.807) is 0 Å². The molecule has 34 heavy (non-hydrogen) atoms. The summed E-state index contributed by atoms with van der Waals surface area (Å²) in [4.78, 5) is 2.73. The summed E-state index contributed by atoms with van der Waals surface area (Å²) in [5.41, 5.74) is 1.47. The Balaban J connectivity index is 2.08. The van der Waals surface area contributed by atoms with Crippen LogP contribution in [0.4, 0.5) is 0 Å². The highest BCUT2D eigenvalue weighted by molar-refractivity contribution is 5.14. The number of rotatable bonds is 26. The Hall–Kier alpha value is -1.08. The minimum absolute atomic E-state index is 1.13. The molecular weight excluding hydrogens is 410 g/mol. The van der Waals surface area contributed by atoms with Crippen LogP contribution in [0.2, 0.25) is 0 Å². The van der Waals surface area contributed by atoms with Gasteiger partial charge in [0.25, 0.3) is 0 Å². The predicted octanol–water partition coefficient (Wildman–Crippen LogP) is 10.9. The van der Waals surface area contributed by atoms with Crippen LogP contribution in [-0.4, -0.2) is 18.0 Å². The number of allylic oxidation sites excluding steroid dienone is 1. The SMILES string of the molecule is C=CCCCCCCCCCCCCN(CCCCCCCCCCCC)Cc1ccccc1. The lowest BCUT2D eigenvalue weighted by Crippen LogP contribution is -2.25. The summed E-state index contributed by atoms with van der Waals surface area (Å²) in [6, 6.07) is 11.1. The lowest BCUT2D eigenvalue weighted by atomic mass is 10.1. The van der Waals surface area contributed by atoms with Crippen LogP contribution in [0.15, 0.2) is 43.0 Å². The molecule has 1 heteroatoms. The first-order valence-electron chi connectivity index (χ1n) is 15.2. The molecule has 0 spiro atoms. The molecule has 1 aromatic rings.